The Labute approximate surface area is 149 Å². The van der Waals surface area contributed by atoms with Crippen LogP contribution in [0.3, 0.4) is 0 Å². The molecule has 1 aromatic carbocycles. The third kappa shape index (κ3) is 3.49. The largest absolute Gasteiger partial charge is 0.335 e. The van der Waals surface area contributed by atoms with Crippen molar-refractivity contribution in [3.8, 4) is 0 Å². The van der Waals surface area contributed by atoms with Gasteiger partial charge in [-0.2, -0.15) is 8.61 Å². The van der Waals surface area contributed by atoms with Crippen LogP contribution in [0, 0.1) is 11.6 Å². The molecule has 0 radical (unpaired) electrons. The lowest BCUT2D eigenvalue weighted by atomic mass is 10.3. The molecule has 26 heavy (non-hydrogen) atoms. The van der Waals surface area contributed by atoms with Crippen molar-refractivity contribution in [1.29, 1.82) is 0 Å². The summed E-state index contributed by atoms with van der Waals surface area (Å²) >= 11 is 0. The molecule has 3 rings (SSSR count). The number of halogens is 2. The number of rotatable bonds is 4. The van der Waals surface area contributed by atoms with E-state index in [1.165, 1.54) is 12.5 Å². The van der Waals surface area contributed by atoms with Crippen molar-refractivity contribution in [3.05, 3.63) is 42.4 Å². The van der Waals surface area contributed by atoms with E-state index in [1.807, 2.05) is 0 Å². The first-order valence-corrected chi connectivity index (χ1v) is 10.5. The Kier molecular flexibility index (Phi) is 5.10. The molecule has 0 atom stereocenters. The summed E-state index contributed by atoms with van der Waals surface area (Å²) in [5, 5.41) is -0.0848. The standard InChI is InChI=1S/C14H16F2N4O4S2/c15-11-2-3-13(12(16)8-11)25(21,22)19-4-1-5-20(7-6-19)26(23,24)14-9-17-10-18-14/h2-3,8-10H,1,4-7H2,(H,17,18). The fourth-order valence-corrected chi connectivity index (χ4v) is 5.58. The van der Waals surface area contributed by atoms with Crippen LogP contribution in [-0.2, 0) is 20.0 Å². The molecule has 1 aromatic heterocycles. The molecule has 2 aromatic rings. The Morgan fingerprint density at radius 1 is 0.962 bits per heavy atom. The van der Waals surface area contributed by atoms with Gasteiger partial charge in [0.25, 0.3) is 10.0 Å². The van der Waals surface area contributed by atoms with E-state index in [2.05, 4.69) is 9.97 Å². The quantitative estimate of drug-likeness (QED) is 0.808. The van der Waals surface area contributed by atoms with Crippen LogP contribution >= 0.6 is 0 Å². The van der Waals surface area contributed by atoms with Crippen molar-refractivity contribution in [2.45, 2.75) is 16.3 Å². The van der Waals surface area contributed by atoms with Gasteiger partial charge in [0.2, 0.25) is 10.0 Å². The second-order valence-corrected chi connectivity index (χ2v) is 9.47. The Morgan fingerprint density at radius 2 is 1.62 bits per heavy atom. The van der Waals surface area contributed by atoms with Gasteiger partial charge in [0.05, 0.1) is 12.5 Å². The van der Waals surface area contributed by atoms with Crippen molar-refractivity contribution in [2.24, 2.45) is 0 Å². The number of sulfonamides is 2. The molecular weight excluding hydrogens is 390 g/mol. The molecule has 1 N–H and O–H groups in total. The number of aromatic nitrogens is 2. The number of nitrogens with zero attached hydrogens (tertiary/aromatic N) is 3. The number of benzene rings is 1. The highest BCUT2D eigenvalue weighted by Gasteiger charge is 2.33. The van der Waals surface area contributed by atoms with Gasteiger partial charge in [-0.05, 0) is 18.6 Å². The highest BCUT2D eigenvalue weighted by molar-refractivity contribution is 7.89. The molecule has 0 amide bonds. The summed E-state index contributed by atoms with van der Waals surface area (Å²) in [6.07, 6.45) is 2.64. The average Bonchev–Trinajstić information content (AvgIpc) is 2.99. The van der Waals surface area contributed by atoms with E-state index < -0.39 is 36.6 Å². The van der Waals surface area contributed by atoms with Crippen LogP contribution in [0.1, 0.15) is 6.42 Å². The molecule has 1 fully saturated rings. The molecule has 142 valence electrons. The van der Waals surface area contributed by atoms with Crippen LogP contribution in [0.4, 0.5) is 8.78 Å². The summed E-state index contributed by atoms with van der Waals surface area (Å²) in [4.78, 5) is 5.56. The number of nitrogens with one attached hydrogen (secondary N) is 1. The smallest absolute Gasteiger partial charge is 0.260 e. The summed E-state index contributed by atoms with van der Waals surface area (Å²) in [5.74, 6) is -2.06. The molecular formula is C14H16F2N4O4S2. The van der Waals surface area contributed by atoms with E-state index in [0.29, 0.717) is 6.07 Å². The molecule has 0 spiro atoms. The van der Waals surface area contributed by atoms with Crippen LogP contribution in [0.5, 0.6) is 0 Å². The van der Waals surface area contributed by atoms with Gasteiger partial charge in [0.15, 0.2) is 5.03 Å². The fraction of sp³-hybridized carbons (Fsp3) is 0.357. The van der Waals surface area contributed by atoms with Crippen LogP contribution in [0.25, 0.3) is 0 Å². The second-order valence-electron chi connectivity index (χ2n) is 5.65. The highest BCUT2D eigenvalue weighted by atomic mass is 32.2. The molecule has 1 aliphatic heterocycles. The van der Waals surface area contributed by atoms with Gasteiger partial charge < -0.3 is 4.98 Å². The summed E-state index contributed by atoms with van der Waals surface area (Å²) < 4.78 is 79.4. The zero-order chi connectivity index (χ0) is 18.9. The first-order valence-electron chi connectivity index (χ1n) is 7.66. The van der Waals surface area contributed by atoms with Gasteiger partial charge in [0.1, 0.15) is 16.5 Å². The van der Waals surface area contributed by atoms with Crippen LogP contribution in [-0.4, -0.2) is 61.6 Å². The first kappa shape index (κ1) is 18.9. The lowest BCUT2D eigenvalue weighted by Gasteiger charge is -2.21. The summed E-state index contributed by atoms with van der Waals surface area (Å²) in [6.45, 7) is -0.108. The third-order valence-corrected chi connectivity index (χ3v) is 7.77. The summed E-state index contributed by atoms with van der Waals surface area (Å²) in [7, 11) is -8.02. The van der Waals surface area contributed by atoms with Gasteiger partial charge in [-0.1, -0.05) is 0 Å². The second kappa shape index (κ2) is 7.02. The van der Waals surface area contributed by atoms with Crippen molar-refractivity contribution >= 4 is 20.0 Å². The Hall–Kier alpha value is -1.89. The number of aromatic amines is 1. The normalized spacial score (nSPS) is 17.9. The molecule has 0 aliphatic carbocycles. The minimum atomic E-state index is -4.21. The zero-order valence-electron chi connectivity index (χ0n) is 13.5. The maximum atomic E-state index is 13.9. The summed E-state index contributed by atoms with van der Waals surface area (Å²) in [5.41, 5.74) is 0. The number of hydrogen-bond donors (Lipinski definition) is 1. The predicted molar refractivity (Wildman–Crippen MR) is 87.1 cm³/mol. The Bertz CT molecular complexity index is 994. The lowest BCUT2D eigenvalue weighted by molar-refractivity contribution is 0.401. The maximum Gasteiger partial charge on any atom is 0.260 e. The van der Waals surface area contributed by atoms with Crippen LogP contribution < -0.4 is 0 Å². The minimum absolute atomic E-state index is 0.0220. The SMILES string of the molecule is O=S(=O)(c1cnc[nH]1)N1CCCN(S(=O)(=O)c2ccc(F)cc2F)CC1. The molecule has 1 saturated heterocycles. The topological polar surface area (TPSA) is 103 Å². The van der Waals surface area contributed by atoms with E-state index >= 15 is 0 Å². The molecule has 0 bridgehead atoms. The van der Waals surface area contributed by atoms with E-state index in [-0.39, 0.29) is 37.6 Å². The highest BCUT2D eigenvalue weighted by Crippen LogP contribution is 2.23. The predicted octanol–water partition coefficient (Wildman–Crippen LogP) is 0.773. The number of hydrogen-bond acceptors (Lipinski definition) is 5. The Balaban J connectivity index is 1.82. The molecule has 8 nitrogen and oxygen atoms in total. The lowest BCUT2D eigenvalue weighted by Crippen LogP contribution is -2.37. The zero-order valence-corrected chi connectivity index (χ0v) is 15.1. The van der Waals surface area contributed by atoms with Gasteiger partial charge in [0, 0.05) is 32.2 Å². The number of H-pyrrole nitrogens is 1. The molecule has 12 heteroatoms. The van der Waals surface area contributed by atoms with E-state index in [9.17, 15) is 25.6 Å². The van der Waals surface area contributed by atoms with Crippen molar-refractivity contribution in [3.63, 3.8) is 0 Å². The van der Waals surface area contributed by atoms with Crippen LogP contribution in [0.15, 0.2) is 40.6 Å². The van der Waals surface area contributed by atoms with Crippen molar-refractivity contribution < 1.29 is 25.6 Å². The summed E-state index contributed by atoms with van der Waals surface area (Å²) in [6, 6.07) is 2.23. The molecule has 2 heterocycles. The minimum Gasteiger partial charge on any atom is -0.335 e. The van der Waals surface area contributed by atoms with Crippen molar-refractivity contribution in [1.82, 2.24) is 18.6 Å². The number of imidazole rings is 1. The molecule has 0 unspecified atom stereocenters. The molecule has 0 saturated carbocycles. The van der Waals surface area contributed by atoms with Gasteiger partial charge in [-0.15, -0.1) is 0 Å². The van der Waals surface area contributed by atoms with Gasteiger partial charge >= 0.3 is 0 Å². The van der Waals surface area contributed by atoms with Gasteiger partial charge in [-0.25, -0.2) is 30.6 Å². The van der Waals surface area contributed by atoms with E-state index in [1.54, 1.807) is 0 Å². The fourth-order valence-electron chi connectivity index (χ4n) is 2.70. The van der Waals surface area contributed by atoms with Gasteiger partial charge in [-0.3, -0.25) is 0 Å². The van der Waals surface area contributed by atoms with Crippen molar-refractivity contribution in [2.75, 3.05) is 26.2 Å². The molecule has 1 aliphatic rings. The monoisotopic (exact) mass is 406 g/mol. The van der Waals surface area contributed by atoms with E-state index in [4.69, 9.17) is 0 Å². The van der Waals surface area contributed by atoms with E-state index in [0.717, 1.165) is 20.7 Å². The maximum absolute atomic E-state index is 13.9. The van der Waals surface area contributed by atoms with Crippen LogP contribution in [0.2, 0.25) is 0 Å². The third-order valence-electron chi connectivity index (χ3n) is 4.02. The average molecular weight is 406 g/mol. The Morgan fingerprint density at radius 3 is 2.19 bits per heavy atom. The first-order chi connectivity index (χ1) is 12.2.